The first-order valence-corrected chi connectivity index (χ1v) is 11.0. The van der Waals surface area contributed by atoms with E-state index in [0.717, 1.165) is 0 Å². The second-order valence-electron chi connectivity index (χ2n) is 1.50. The van der Waals surface area contributed by atoms with Crippen molar-refractivity contribution in [3.63, 3.8) is 0 Å². The van der Waals surface area contributed by atoms with Gasteiger partial charge in [-0.2, -0.15) is 0 Å². The van der Waals surface area contributed by atoms with Crippen molar-refractivity contribution in [3.8, 4) is 0 Å². The number of rotatable bonds is 0. The van der Waals surface area contributed by atoms with Crippen molar-refractivity contribution in [3.05, 3.63) is 0 Å². The maximum atomic E-state index is 8.52. The summed E-state index contributed by atoms with van der Waals surface area (Å²) in [6.07, 6.45) is 0. The summed E-state index contributed by atoms with van der Waals surface area (Å²) in [4.78, 5) is 102. The van der Waals surface area contributed by atoms with Crippen molar-refractivity contribution in [2.24, 2.45) is 0 Å². The van der Waals surface area contributed by atoms with E-state index in [2.05, 4.69) is 0 Å². The Morgan fingerprint density at radius 3 is 0.250 bits per heavy atom. The van der Waals surface area contributed by atoms with Gasteiger partial charge in [0.2, 0.25) is 0 Å². The summed E-state index contributed by atoms with van der Waals surface area (Å²) < 4.78 is 51.1. The molecule has 0 aromatic heterocycles. The van der Waals surface area contributed by atoms with E-state index >= 15 is 0 Å². The van der Waals surface area contributed by atoms with E-state index in [4.69, 9.17) is 84.3 Å². The Hall–Kier alpha value is 2.12. The minimum atomic E-state index is -3.63. The van der Waals surface area contributed by atoms with Gasteiger partial charge in [0.05, 0.1) is 0 Å². The molecule has 0 amide bonds. The van der Waals surface area contributed by atoms with E-state index in [1.54, 1.807) is 0 Å². The van der Waals surface area contributed by atoms with Gasteiger partial charge in [0.1, 0.15) is 0 Å². The van der Waals surface area contributed by atoms with Crippen molar-refractivity contribution >= 4 is 55.0 Å². The van der Waals surface area contributed by atoms with Crippen molar-refractivity contribution < 1.29 is 215 Å². The number of hydrogen-bond donors (Lipinski definition) is 0. The molecule has 0 radical (unpaired) electrons. The van der Waals surface area contributed by atoms with Gasteiger partial charge in [0.15, 0.2) is 0 Å². The zero-order valence-corrected chi connectivity index (χ0v) is 30.0. The molecule has 0 rings (SSSR count). The Morgan fingerprint density at radius 2 is 0.250 bits per heavy atom. The van der Waals surface area contributed by atoms with Crippen molar-refractivity contribution in [2.45, 2.75) is 0 Å². The van der Waals surface area contributed by atoms with Crippen LogP contribution in [0.15, 0.2) is 0 Å². The quantitative estimate of drug-likeness (QED) is 0.205. The average Bonchev–Trinajstić information content (AvgIpc) is 2.08. The molecule has 0 aliphatic carbocycles. The molecular formula is O18Si6Y4. The van der Waals surface area contributed by atoms with Gasteiger partial charge < -0.3 is 84.3 Å². The van der Waals surface area contributed by atoms with Crippen molar-refractivity contribution in [1.29, 1.82) is 0 Å². The molecule has 28 heteroatoms. The third-order valence-electron chi connectivity index (χ3n) is 0. The molecule has 0 fully saturated rings. The monoisotopic (exact) mass is 811 g/mol. The maximum Gasteiger partial charge on any atom is 3.00 e. The van der Waals surface area contributed by atoms with Gasteiger partial charge in [-0.1, -0.05) is 0 Å². The van der Waals surface area contributed by atoms with Crippen LogP contribution in [-0.2, 0) is 158 Å². The summed E-state index contributed by atoms with van der Waals surface area (Å²) in [7, 11) is -21.8. The molecular weight excluding hydrogens is 812 g/mol. The van der Waals surface area contributed by atoms with Gasteiger partial charge in [-0.15, -0.1) is 0 Å². The summed E-state index contributed by atoms with van der Waals surface area (Å²) in [5.74, 6) is 0. The van der Waals surface area contributed by atoms with E-state index in [-0.39, 0.29) is 131 Å². The van der Waals surface area contributed by atoms with Gasteiger partial charge >= 0.3 is 131 Å². The second-order valence-corrected chi connectivity index (χ2v) is 4.50. The van der Waals surface area contributed by atoms with E-state index < -0.39 is 55.0 Å². The van der Waals surface area contributed by atoms with Gasteiger partial charge in [0, 0.05) is 55.0 Å². The van der Waals surface area contributed by atoms with Crippen LogP contribution < -0.4 is 57.5 Å². The zero-order valence-electron chi connectivity index (χ0n) is 12.7. The SMILES string of the molecule is O=[Si]([O-])[O-].O=[Si]([O-])[O-].O=[Si]([O-])[O-].O=[Si]([O-])[O-].O=[Si]([O-])[O-].O=[Si]([O-])[O-].[Y+3].[Y+3].[Y+3].[Y+3]. The molecule has 0 saturated heterocycles. The van der Waals surface area contributed by atoms with Gasteiger partial charge in [0.25, 0.3) is 0 Å². The van der Waals surface area contributed by atoms with Crippen LogP contribution >= 0.6 is 0 Å². The van der Waals surface area contributed by atoms with Crippen LogP contribution in [0.5, 0.6) is 0 Å². The first-order chi connectivity index (χ1) is 10.4. The predicted octanol–water partition coefficient (Wildman–Crippen LogP) is -17.3. The molecule has 0 bridgehead atoms. The van der Waals surface area contributed by atoms with Crippen molar-refractivity contribution in [2.75, 3.05) is 0 Å². The molecule has 0 aromatic carbocycles. The average molecular weight is 812 g/mol. The standard InChI is InChI=1S/6O3Si.4Y/c6*1-4(2)3;;;;/q6*-2;4*+3. The van der Waals surface area contributed by atoms with E-state index in [9.17, 15) is 0 Å². The van der Waals surface area contributed by atoms with Crippen LogP contribution in [0.2, 0.25) is 0 Å². The van der Waals surface area contributed by atoms with E-state index in [0.29, 0.717) is 0 Å². The van der Waals surface area contributed by atoms with Crippen LogP contribution in [0.25, 0.3) is 0 Å². The van der Waals surface area contributed by atoms with Gasteiger partial charge in [-0.05, 0) is 0 Å². The Morgan fingerprint density at radius 1 is 0.250 bits per heavy atom. The molecule has 28 heavy (non-hydrogen) atoms. The van der Waals surface area contributed by atoms with Crippen LogP contribution in [0.3, 0.4) is 0 Å². The van der Waals surface area contributed by atoms with Crippen LogP contribution in [-0.4, -0.2) is 55.0 Å². The molecule has 0 aliphatic heterocycles. The zero-order chi connectivity index (χ0) is 21.5. The first kappa shape index (κ1) is 63.1. The fourth-order valence-corrected chi connectivity index (χ4v) is 0. The third kappa shape index (κ3) is 4610. The largest absolute Gasteiger partial charge is 3.00 e. The molecule has 144 valence electrons. The second kappa shape index (κ2) is 56.9. The molecule has 0 saturated carbocycles. The first-order valence-electron chi connectivity index (χ1n) is 3.67. The summed E-state index contributed by atoms with van der Waals surface area (Å²) in [6.45, 7) is 0. The summed E-state index contributed by atoms with van der Waals surface area (Å²) in [5, 5.41) is 0. The topological polar surface area (TPSA) is 379 Å². The van der Waals surface area contributed by atoms with Crippen LogP contribution in [0.1, 0.15) is 0 Å². The Bertz CT molecular complexity index is 267. The molecule has 0 aliphatic rings. The molecule has 0 spiro atoms. The molecule has 0 unspecified atom stereocenters. The number of hydrogen-bond acceptors (Lipinski definition) is 18. The third-order valence-corrected chi connectivity index (χ3v) is 0. The van der Waals surface area contributed by atoms with Crippen LogP contribution in [0.4, 0.5) is 0 Å². The van der Waals surface area contributed by atoms with Crippen molar-refractivity contribution in [1.82, 2.24) is 0 Å². The fourth-order valence-electron chi connectivity index (χ4n) is 0. The minimum absolute atomic E-state index is 0. The normalized spacial score (nSPS) is 5.14. The summed E-state index contributed by atoms with van der Waals surface area (Å²) in [6, 6.07) is 0. The molecule has 0 N–H and O–H groups in total. The summed E-state index contributed by atoms with van der Waals surface area (Å²) in [5.41, 5.74) is 0. The van der Waals surface area contributed by atoms with Crippen LogP contribution in [0, 0.1) is 0 Å². The Balaban J connectivity index is -0.0000000169. The van der Waals surface area contributed by atoms with Gasteiger partial charge in [-0.3, -0.25) is 0 Å². The van der Waals surface area contributed by atoms with Gasteiger partial charge in [-0.25, -0.2) is 0 Å². The molecule has 0 aromatic rings. The molecule has 0 heterocycles. The fraction of sp³-hybridized carbons (Fsp3) is 0. The predicted molar refractivity (Wildman–Crippen MR) is 38.6 cm³/mol. The van der Waals surface area contributed by atoms with E-state index in [1.165, 1.54) is 0 Å². The minimum Gasteiger partial charge on any atom is -0.672 e. The smallest absolute Gasteiger partial charge is 0.672 e. The Labute approximate surface area is 265 Å². The maximum absolute atomic E-state index is 8.52. The van der Waals surface area contributed by atoms with E-state index in [1.807, 2.05) is 0 Å². The Kier molecular flexibility index (Phi) is 128. The summed E-state index contributed by atoms with van der Waals surface area (Å²) >= 11 is 0. The molecule has 18 nitrogen and oxygen atoms in total. The molecule has 0 atom stereocenters.